The summed E-state index contributed by atoms with van der Waals surface area (Å²) in [5.74, 6) is 2.91. The zero-order valence-electron chi connectivity index (χ0n) is 20.5. The Morgan fingerprint density at radius 3 is 2.12 bits per heavy atom. The maximum absolute atomic E-state index is 6.02. The van der Waals surface area contributed by atoms with E-state index in [0.29, 0.717) is 0 Å². The van der Waals surface area contributed by atoms with Crippen molar-refractivity contribution in [3.05, 3.63) is 29.3 Å². The van der Waals surface area contributed by atoms with Gasteiger partial charge in [0.15, 0.2) is 0 Å². The lowest BCUT2D eigenvalue weighted by Crippen LogP contribution is -2.15. The third kappa shape index (κ3) is 8.84. The van der Waals surface area contributed by atoms with Crippen LogP contribution in [0.3, 0.4) is 0 Å². The normalized spacial score (nSPS) is 18.7. The van der Waals surface area contributed by atoms with E-state index in [1.165, 1.54) is 89.9 Å². The molecule has 1 aliphatic rings. The SMILES string of the molecule is CCCCCCc1nnc(-c2ccc(OCCC[C@H]3CC[C@H](CCCCC)CC3)cc2)s1. The van der Waals surface area contributed by atoms with Crippen LogP contribution in [0, 0.1) is 11.8 Å². The molecule has 1 aliphatic carbocycles. The van der Waals surface area contributed by atoms with Crippen molar-refractivity contribution in [2.24, 2.45) is 11.8 Å². The Kier molecular flexibility index (Phi) is 11.6. The summed E-state index contributed by atoms with van der Waals surface area (Å²) in [5, 5.41) is 11.0. The average Bonchev–Trinajstić information content (AvgIpc) is 3.30. The monoisotopic (exact) mass is 456 g/mol. The standard InChI is InChI=1S/C28H44N2OS/c1-3-5-7-9-13-27-29-30-28(32-27)25-18-20-26(21-19-25)31-22-10-12-24-16-14-23(15-17-24)11-8-6-4-2/h18-21,23-24H,3-17,22H2,1-2H3/t23-,24-. The number of hydrogen-bond donors (Lipinski definition) is 0. The molecule has 0 radical (unpaired) electrons. The first-order chi connectivity index (χ1) is 15.8. The molecule has 1 saturated carbocycles. The van der Waals surface area contributed by atoms with Crippen LogP contribution in [-0.2, 0) is 6.42 Å². The first-order valence-corrected chi connectivity index (χ1v) is 14.2. The van der Waals surface area contributed by atoms with E-state index in [4.69, 9.17) is 4.74 Å². The molecule has 4 heteroatoms. The van der Waals surface area contributed by atoms with Crippen LogP contribution in [0.15, 0.2) is 24.3 Å². The molecule has 0 atom stereocenters. The van der Waals surface area contributed by atoms with Gasteiger partial charge >= 0.3 is 0 Å². The Hall–Kier alpha value is -1.42. The Balaban J connectivity index is 1.31. The van der Waals surface area contributed by atoms with Crippen LogP contribution in [0.2, 0.25) is 0 Å². The molecule has 0 unspecified atom stereocenters. The van der Waals surface area contributed by atoms with E-state index in [-0.39, 0.29) is 0 Å². The van der Waals surface area contributed by atoms with Gasteiger partial charge in [0.05, 0.1) is 6.61 Å². The van der Waals surface area contributed by atoms with Gasteiger partial charge in [-0.05, 0) is 55.4 Å². The molecule has 32 heavy (non-hydrogen) atoms. The second kappa shape index (κ2) is 14.7. The van der Waals surface area contributed by atoms with Gasteiger partial charge in [-0.15, -0.1) is 10.2 Å². The Labute approximate surface area is 200 Å². The van der Waals surface area contributed by atoms with E-state index < -0.39 is 0 Å². The molecule has 0 bridgehead atoms. The summed E-state index contributed by atoms with van der Waals surface area (Å²) >= 11 is 1.73. The maximum Gasteiger partial charge on any atom is 0.147 e. The molecular weight excluding hydrogens is 412 g/mol. The molecule has 2 aromatic rings. The summed E-state index contributed by atoms with van der Waals surface area (Å²) in [4.78, 5) is 0. The predicted octanol–water partition coefficient (Wildman–Crippen LogP) is 8.87. The van der Waals surface area contributed by atoms with Crippen LogP contribution in [0.25, 0.3) is 10.6 Å². The van der Waals surface area contributed by atoms with E-state index >= 15 is 0 Å². The molecule has 0 aliphatic heterocycles. The highest BCUT2D eigenvalue weighted by Gasteiger charge is 2.20. The lowest BCUT2D eigenvalue weighted by atomic mass is 9.78. The molecule has 1 fully saturated rings. The van der Waals surface area contributed by atoms with E-state index in [1.54, 1.807) is 11.3 Å². The van der Waals surface area contributed by atoms with Gasteiger partial charge in [0.25, 0.3) is 0 Å². The Bertz CT molecular complexity index is 734. The second-order valence-corrected chi connectivity index (χ2v) is 10.8. The highest BCUT2D eigenvalue weighted by Crippen LogP contribution is 2.34. The molecule has 0 spiro atoms. The van der Waals surface area contributed by atoms with E-state index in [9.17, 15) is 0 Å². The van der Waals surface area contributed by atoms with Crippen molar-refractivity contribution >= 4 is 11.3 Å². The third-order valence-electron chi connectivity index (χ3n) is 7.02. The second-order valence-electron chi connectivity index (χ2n) is 9.71. The van der Waals surface area contributed by atoms with Crippen molar-refractivity contribution in [1.29, 1.82) is 0 Å². The summed E-state index contributed by atoms with van der Waals surface area (Å²) in [5.41, 5.74) is 1.14. The molecule has 3 nitrogen and oxygen atoms in total. The number of benzene rings is 1. The first-order valence-electron chi connectivity index (χ1n) is 13.3. The van der Waals surface area contributed by atoms with Gasteiger partial charge < -0.3 is 4.74 Å². The maximum atomic E-state index is 6.02. The molecule has 0 N–H and O–H groups in total. The van der Waals surface area contributed by atoms with Crippen molar-refractivity contribution in [3.63, 3.8) is 0 Å². The summed E-state index contributed by atoms with van der Waals surface area (Å²) in [6.07, 6.45) is 20.1. The quantitative estimate of drug-likeness (QED) is 0.251. The average molecular weight is 457 g/mol. The largest absolute Gasteiger partial charge is 0.494 e. The number of nitrogens with zero attached hydrogens (tertiary/aromatic N) is 2. The zero-order valence-corrected chi connectivity index (χ0v) is 21.3. The van der Waals surface area contributed by atoms with Gasteiger partial charge in [-0.25, -0.2) is 0 Å². The number of ether oxygens (including phenoxy) is 1. The van der Waals surface area contributed by atoms with Crippen molar-refractivity contribution in [2.45, 2.75) is 110 Å². The topological polar surface area (TPSA) is 35.0 Å². The van der Waals surface area contributed by atoms with Crippen LogP contribution in [-0.4, -0.2) is 16.8 Å². The molecule has 0 saturated heterocycles. The van der Waals surface area contributed by atoms with Gasteiger partial charge in [-0.3, -0.25) is 0 Å². The van der Waals surface area contributed by atoms with Crippen molar-refractivity contribution in [1.82, 2.24) is 10.2 Å². The van der Waals surface area contributed by atoms with Gasteiger partial charge in [0.2, 0.25) is 0 Å². The predicted molar refractivity (Wildman–Crippen MR) is 138 cm³/mol. The van der Waals surface area contributed by atoms with Crippen LogP contribution in [0.1, 0.15) is 109 Å². The van der Waals surface area contributed by atoms with E-state index in [1.807, 2.05) is 0 Å². The zero-order chi connectivity index (χ0) is 22.4. The lowest BCUT2D eigenvalue weighted by molar-refractivity contribution is 0.228. The van der Waals surface area contributed by atoms with Gasteiger partial charge in [-0.2, -0.15) is 0 Å². The number of aromatic nitrogens is 2. The molecule has 178 valence electrons. The van der Waals surface area contributed by atoms with Crippen molar-refractivity contribution in [2.75, 3.05) is 6.61 Å². The number of aryl methyl sites for hydroxylation is 1. The number of rotatable bonds is 15. The molecule has 1 aromatic carbocycles. The van der Waals surface area contributed by atoms with Crippen molar-refractivity contribution < 1.29 is 4.74 Å². The lowest BCUT2D eigenvalue weighted by Gasteiger charge is -2.28. The smallest absolute Gasteiger partial charge is 0.147 e. The Morgan fingerprint density at radius 2 is 1.44 bits per heavy atom. The summed E-state index contributed by atoms with van der Waals surface area (Å²) in [6.45, 7) is 5.38. The fraction of sp³-hybridized carbons (Fsp3) is 0.714. The van der Waals surface area contributed by atoms with Crippen LogP contribution in [0.4, 0.5) is 0 Å². The molecular formula is C28H44N2OS. The fourth-order valence-electron chi connectivity index (χ4n) is 4.92. The van der Waals surface area contributed by atoms with Gasteiger partial charge in [0, 0.05) is 12.0 Å². The van der Waals surface area contributed by atoms with Crippen LogP contribution in [0.5, 0.6) is 5.75 Å². The molecule has 3 rings (SSSR count). The fourth-order valence-corrected chi connectivity index (χ4v) is 5.81. The molecule has 1 aromatic heterocycles. The number of hydrogen-bond acceptors (Lipinski definition) is 4. The first kappa shape index (κ1) is 25.2. The highest BCUT2D eigenvalue weighted by atomic mass is 32.1. The summed E-state index contributed by atoms with van der Waals surface area (Å²) in [6, 6.07) is 8.41. The summed E-state index contributed by atoms with van der Waals surface area (Å²) < 4.78 is 6.02. The van der Waals surface area contributed by atoms with Crippen LogP contribution < -0.4 is 4.74 Å². The van der Waals surface area contributed by atoms with Crippen LogP contribution >= 0.6 is 11.3 Å². The minimum atomic E-state index is 0.830. The van der Waals surface area contributed by atoms with E-state index in [0.717, 1.165) is 46.2 Å². The van der Waals surface area contributed by atoms with Gasteiger partial charge in [0.1, 0.15) is 15.8 Å². The minimum absolute atomic E-state index is 0.830. The Morgan fingerprint density at radius 1 is 0.781 bits per heavy atom. The molecule has 0 amide bonds. The third-order valence-corrected chi connectivity index (χ3v) is 8.05. The minimum Gasteiger partial charge on any atom is -0.494 e. The summed E-state index contributed by atoms with van der Waals surface area (Å²) in [7, 11) is 0. The number of unbranched alkanes of at least 4 members (excludes halogenated alkanes) is 5. The van der Waals surface area contributed by atoms with E-state index in [2.05, 4.69) is 48.3 Å². The van der Waals surface area contributed by atoms with Gasteiger partial charge in [-0.1, -0.05) is 95.8 Å². The highest BCUT2D eigenvalue weighted by molar-refractivity contribution is 7.14. The van der Waals surface area contributed by atoms with Crippen molar-refractivity contribution in [3.8, 4) is 16.3 Å². The molecule has 1 heterocycles.